The van der Waals surface area contributed by atoms with E-state index < -0.39 is 0 Å². The van der Waals surface area contributed by atoms with E-state index in [-0.39, 0.29) is 5.91 Å². The van der Waals surface area contributed by atoms with E-state index in [0.717, 1.165) is 10.9 Å². The Balaban J connectivity index is 2.53. The number of amides is 1. The van der Waals surface area contributed by atoms with Gasteiger partial charge in [-0.1, -0.05) is 18.2 Å². The van der Waals surface area contributed by atoms with Crippen molar-refractivity contribution in [2.75, 3.05) is 7.11 Å². The second kappa shape index (κ2) is 3.74. The normalized spacial score (nSPS) is 10.5. The summed E-state index contributed by atoms with van der Waals surface area (Å²) < 4.78 is 1.84. The van der Waals surface area contributed by atoms with E-state index >= 15 is 0 Å². The smallest absolute Gasteiger partial charge is 0.291 e. The van der Waals surface area contributed by atoms with Gasteiger partial charge in [-0.25, -0.2) is 5.48 Å². The Morgan fingerprint density at radius 1 is 1.40 bits per heavy atom. The zero-order chi connectivity index (χ0) is 10.8. The molecule has 0 unspecified atom stereocenters. The molecule has 0 bridgehead atoms. The lowest BCUT2D eigenvalue weighted by Gasteiger charge is -2.03. The monoisotopic (exact) mass is 204 g/mol. The number of hydrogen-bond acceptors (Lipinski definition) is 2. The maximum atomic E-state index is 11.6. The first-order chi connectivity index (χ1) is 7.24. The van der Waals surface area contributed by atoms with Gasteiger partial charge in [-0.05, 0) is 12.1 Å². The number of carbonyl (C=O) groups is 1. The van der Waals surface area contributed by atoms with Crippen molar-refractivity contribution < 1.29 is 9.63 Å². The van der Waals surface area contributed by atoms with Crippen LogP contribution in [0.5, 0.6) is 0 Å². The van der Waals surface area contributed by atoms with Crippen molar-refractivity contribution in [2.45, 2.75) is 0 Å². The number of nitrogens with one attached hydrogen (secondary N) is 1. The number of carbonyl (C=O) groups excluding carboxylic acids is 1. The Bertz CT molecular complexity index is 502. The molecule has 0 aliphatic rings. The highest BCUT2D eigenvalue weighted by Crippen LogP contribution is 2.17. The van der Waals surface area contributed by atoms with Gasteiger partial charge in [0.05, 0.1) is 7.11 Å². The quantitative estimate of drug-likeness (QED) is 0.753. The highest BCUT2D eigenvalue weighted by atomic mass is 16.6. The number of nitrogens with zero attached hydrogens (tertiary/aromatic N) is 1. The fourth-order valence-corrected chi connectivity index (χ4v) is 1.65. The Morgan fingerprint density at radius 2 is 2.13 bits per heavy atom. The van der Waals surface area contributed by atoms with Gasteiger partial charge >= 0.3 is 0 Å². The topological polar surface area (TPSA) is 43.3 Å². The Hall–Kier alpha value is -1.81. The van der Waals surface area contributed by atoms with Crippen molar-refractivity contribution in [3.63, 3.8) is 0 Å². The zero-order valence-electron chi connectivity index (χ0n) is 8.65. The summed E-state index contributed by atoms with van der Waals surface area (Å²) in [7, 11) is 3.27. The third kappa shape index (κ3) is 1.59. The van der Waals surface area contributed by atoms with Crippen molar-refractivity contribution in [2.24, 2.45) is 7.05 Å². The lowest BCUT2D eigenvalue weighted by Crippen LogP contribution is -2.23. The molecule has 1 N–H and O–H groups in total. The van der Waals surface area contributed by atoms with Crippen LogP contribution in [0.1, 0.15) is 10.5 Å². The number of para-hydroxylation sites is 1. The van der Waals surface area contributed by atoms with Crippen LogP contribution in [0.15, 0.2) is 30.3 Å². The minimum Gasteiger partial charge on any atom is -0.340 e. The average Bonchev–Trinajstić information content (AvgIpc) is 2.57. The summed E-state index contributed by atoms with van der Waals surface area (Å²) in [6.07, 6.45) is 0. The lowest BCUT2D eigenvalue weighted by molar-refractivity contribution is 0.0529. The lowest BCUT2D eigenvalue weighted by atomic mass is 10.2. The van der Waals surface area contributed by atoms with Gasteiger partial charge < -0.3 is 4.57 Å². The summed E-state index contributed by atoms with van der Waals surface area (Å²) in [6.45, 7) is 0. The third-order valence-electron chi connectivity index (χ3n) is 2.38. The van der Waals surface area contributed by atoms with Gasteiger partial charge in [0.2, 0.25) is 0 Å². The fourth-order valence-electron chi connectivity index (χ4n) is 1.65. The van der Waals surface area contributed by atoms with Gasteiger partial charge in [-0.3, -0.25) is 9.63 Å². The van der Waals surface area contributed by atoms with Crippen LogP contribution in [0.4, 0.5) is 0 Å². The van der Waals surface area contributed by atoms with Crippen molar-refractivity contribution in [1.82, 2.24) is 10.0 Å². The van der Waals surface area contributed by atoms with Crippen LogP contribution in [-0.2, 0) is 11.9 Å². The highest BCUT2D eigenvalue weighted by Gasteiger charge is 2.11. The van der Waals surface area contributed by atoms with Gasteiger partial charge in [-0.2, -0.15) is 0 Å². The molecular formula is C11H12N2O2. The maximum Gasteiger partial charge on any atom is 0.291 e. The molecule has 0 aliphatic carbocycles. The molecule has 1 aromatic heterocycles. The van der Waals surface area contributed by atoms with Crippen molar-refractivity contribution in [1.29, 1.82) is 0 Å². The molecule has 0 spiro atoms. The molecule has 78 valence electrons. The van der Waals surface area contributed by atoms with E-state index in [9.17, 15) is 4.79 Å². The second-order valence-electron chi connectivity index (χ2n) is 3.28. The number of benzene rings is 1. The molecule has 0 fully saturated rings. The summed E-state index contributed by atoms with van der Waals surface area (Å²) in [5.74, 6) is -0.240. The van der Waals surface area contributed by atoms with Crippen molar-refractivity contribution in [3.05, 3.63) is 36.0 Å². The average molecular weight is 204 g/mol. The van der Waals surface area contributed by atoms with E-state index in [1.165, 1.54) is 7.11 Å². The molecule has 15 heavy (non-hydrogen) atoms. The molecule has 0 aliphatic heterocycles. The van der Waals surface area contributed by atoms with E-state index in [4.69, 9.17) is 0 Å². The molecule has 4 heteroatoms. The number of hydrogen-bond donors (Lipinski definition) is 1. The Morgan fingerprint density at radius 3 is 2.80 bits per heavy atom. The minimum absolute atomic E-state index is 0.240. The third-order valence-corrected chi connectivity index (χ3v) is 2.38. The van der Waals surface area contributed by atoms with Gasteiger partial charge in [-0.15, -0.1) is 0 Å². The van der Waals surface area contributed by atoms with Crippen molar-refractivity contribution in [3.8, 4) is 0 Å². The van der Waals surface area contributed by atoms with E-state index in [0.29, 0.717) is 5.69 Å². The predicted octanol–water partition coefficient (Wildman–Crippen LogP) is 1.47. The number of aromatic nitrogens is 1. The van der Waals surface area contributed by atoms with E-state index in [1.807, 2.05) is 41.9 Å². The second-order valence-corrected chi connectivity index (χ2v) is 3.28. The number of rotatable bonds is 2. The summed E-state index contributed by atoms with van der Waals surface area (Å²) in [6, 6.07) is 9.67. The van der Waals surface area contributed by atoms with Crippen LogP contribution in [0, 0.1) is 0 Å². The molecule has 0 saturated heterocycles. The molecule has 1 heterocycles. The molecule has 1 aromatic carbocycles. The molecule has 4 nitrogen and oxygen atoms in total. The highest BCUT2D eigenvalue weighted by molar-refractivity contribution is 5.98. The standard InChI is InChI=1S/C11H12N2O2/c1-13-9-6-4-3-5-8(9)7-10(13)11(14)12-15-2/h3-7H,1-2H3,(H,12,14). The molecule has 2 rings (SSSR count). The first kappa shape index (κ1) is 9.73. The first-order valence-electron chi connectivity index (χ1n) is 4.62. The fraction of sp³-hybridized carbons (Fsp3) is 0.182. The molecule has 2 aromatic rings. The summed E-state index contributed by atoms with van der Waals surface area (Å²) >= 11 is 0. The van der Waals surface area contributed by atoms with E-state index in [2.05, 4.69) is 10.3 Å². The van der Waals surface area contributed by atoms with Gasteiger partial charge in [0.1, 0.15) is 5.69 Å². The maximum absolute atomic E-state index is 11.6. The van der Waals surface area contributed by atoms with Crippen LogP contribution < -0.4 is 5.48 Å². The van der Waals surface area contributed by atoms with Crippen LogP contribution in [-0.4, -0.2) is 17.6 Å². The summed E-state index contributed by atoms with van der Waals surface area (Å²) in [4.78, 5) is 16.2. The molecule has 1 amide bonds. The van der Waals surface area contributed by atoms with Crippen LogP contribution in [0.3, 0.4) is 0 Å². The summed E-state index contributed by atoms with van der Waals surface area (Å²) in [5, 5.41) is 1.04. The minimum atomic E-state index is -0.240. The predicted molar refractivity (Wildman–Crippen MR) is 57.4 cm³/mol. The number of hydroxylamine groups is 1. The van der Waals surface area contributed by atoms with Crippen molar-refractivity contribution >= 4 is 16.8 Å². The van der Waals surface area contributed by atoms with Crippen LogP contribution >= 0.6 is 0 Å². The number of aryl methyl sites for hydroxylation is 1. The molecule has 0 saturated carbocycles. The van der Waals surface area contributed by atoms with Crippen LogP contribution in [0.25, 0.3) is 10.9 Å². The Labute approximate surface area is 87.4 Å². The largest absolute Gasteiger partial charge is 0.340 e. The molecular weight excluding hydrogens is 192 g/mol. The molecule has 0 radical (unpaired) electrons. The van der Waals surface area contributed by atoms with Gasteiger partial charge in [0.25, 0.3) is 5.91 Å². The summed E-state index contributed by atoms with van der Waals surface area (Å²) in [5.41, 5.74) is 3.91. The van der Waals surface area contributed by atoms with Gasteiger partial charge in [0.15, 0.2) is 0 Å². The molecule has 0 atom stereocenters. The van der Waals surface area contributed by atoms with Gasteiger partial charge in [0, 0.05) is 18.0 Å². The van der Waals surface area contributed by atoms with Crippen LogP contribution in [0.2, 0.25) is 0 Å². The number of fused-ring (bicyclic) bond motifs is 1. The Kier molecular flexibility index (Phi) is 2.43. The van der Waals surface area contributed by atoms with E-state index in [1.54, 1.807) is 0 Å². The SMILES string of the molecule is CONC(=O)c1cc2ccccc2n1C. The zero-order valence-corrected chi connectivity index (χ0v) is 8.65. The first-order valence-corrected chi connectivity index (χ1v) is 4.62.